The quantitative estimate of drug-likeness (QED) is 0.114. The van der Waals surface area contributed by atoms with Gasteiger partial charge < -0.3 is 9.88 Å². The Morgan fingerprint density at radius 2 is 1.77 bits per heavy atom. The molecular weight excluding hydrogens is 568 g/mol. The van der Waals surface area contributed by atoms with Gasteiger partial charge in [-0.3, -0.25) is 14.9 Å². The van der Waals surface area contributed by atoms with Gasteiger partial charge in [0.25, 0.3) is 11.6 Å². The Bertz CT molecular complexity index is 1880. The van der Waals surface area contributed by atoms with E-state index in [4.69, 9.17) is 4.99 Å². The minimum atomic E-state index is -0.380. The van der Waals surface area contributed by atoms with Crippen molar-refractivity contribution < 1.29 is 9.72 Å². The van der Waals surface area contributed by atoms with Crippen LogP contribution in [-0.4, -0.2) is 21.6 Å². The number of nitrogens with zero attached hydrogens (tertiary/aromatic N) is 3. The van der Waals surface area contributed by atoms with Gasteiger partial charge in [-0.15, -0.1) is 11.3 Å². The first-order chi connectivity index (χ1) is 21.1. The fraction of sp³-hybridized carbons (Fsp3) is 0.278. The summed E-state index contributed by atoms with van der Waals surface area (Å²) in [7, 11) is 0. The number of para-hydroxylation sites is 2. The zero-order valence-electron chi connectivity index (χ0n) is 25.5. The van der Waals surface area contributed by atoms with Crippen molar-refractivity contribution in [2.45, 2.75) is 53.5 Å². The highest BCUT2D eigenvalue weighted by Gasteiger charge is 2.33. The molecule has 1 N–H and O–H groups in total. The molecule has 2 heterocycles. The number of aromatic nitrogens is 1. The number of hydrogen-bond donors (Lipinski definition) is 1. The Morgan fingerprint density at radius 1 is 1.07 bits per heavy atom. The predicted octanol–water partition coefficient (Wildman–Crippen LogP) is 9.12. The molecule has 0 fully saturated rings. The molecule has 1 amide bonds. The Morgan fingerprint density at radius 3 is 2.48 bits per heavy atom. The maximum atomic E-state index is 13.8. The van der Waals surface area contributed by atoms with Crippen LogP contribution in [0.3, 0.4) is 0 Å². The van der Waals surface area contributed by atoms with E-state index in [0.717, 1.165) is 63.2 Å². The molecule has 8 heteroatoms. The van der Waals surface area contributed by atoms with Crippen LogP contribution in [-0.2, 0) is 19.4 Å². The van der Waals surface area contributed by atoms with Crippen LogP contribution < -0.4 is 5.32 Å². The second-order valence-corrected chi connectivity index (χ2v) is 13.7. The smallest absolute Gasteiger partial charge is 0.269 e. The number of nitro groups is 1. The predicted molar refractivity (Wildman–Crippen MR) is 180 cm³/mol. The first-order valence-electron chi connectivity index (χ1n) is 15.0. The van der Waals surface area contributed by atoms with Gasteiger partial charge in [-0.05, 0) is 66.8 Å². The molecule has 1 aliphatic rings. The van der Waals surface area contributed by atoms with E-state index in [-0.39, 0.29) is 21.9 Å². The lowest BCUT2D eigenvalue weighted by Gasteiger charge is -2.33. The van der Waals surface area contributed by atoms with Crippen LogP contribution in [0, 0.1) is 28.4 Å². The molecule has 0 saturated heterocycles. The van der Waals surface area contributed by atoms with E-state index in [1.54, 1.807) is 35.6 Å². The van der Waals surface area contributed by atoms with Gasteiger partial charge in [-0.25, -0.2) is 4.99 Å². The molecule has 6 rings (SSSR count). The van der Waals surface area contributed by atoms with Crippen molar-refractivity contribution >= 4 is 50.7 Å². The molecule has 0 bridgehead atoms. The van der Waals surface area contributed by atoms with E-state index >= 15 is 0 Å². The summed E-state index contributed by atoms with van der Waals surface area (Å²) < 4.78 is 2.22. The summed E-state index contributed by atoms with van der Waals surface area (Å²) >= 11 is 1.64. The van der Waals surface area contributed by atoms with Crippen molar-refractivity contribution in [2.75, 3.05) is 5.32 Å². The monoisotopic (exact) mass is 604 g/mol. The zero-order chi connectivity index (χ0) is 31.0. The second kappa shape index (κ2) is 11.8. The molecule has 0 spiro atoms. The fourth-order valence-corrected chi connectivity index (χ4v) is 7.47. The lowest BCUT2D eigenvalue weighted by Crippen LogP contribution is -2.27. The number of benzene rings is 3. The molecular formula is C36H36N4O3S. The maximum absolute atomic E-state index is 13.8. The number of amides is 1. The lowest BCUT2D eigenvalue weighted by atomic mass is 9.72. The third-order valence-electron chi connectivity index (χ3n) is 8.81. The van der Waals surface area contributed by atoms with Gasteiger partial charge >= 0.3 is 0 Å². The molecule has 5 aromatic rings. The number of nitrogens with one attached hydrogen (secondary N) is 1. The van der Waals surface area contributed by atoms with E-state index in [2.05, 4.69) is 49.7 Å². The van der Waals surface area contributed by atoms with Crippen LogP contribution in [0.4, 0.5) is 16.4 Å². The first kappa shape index (κ1) is 29.5. The molecule has 0 aliphatic heterocycles. The Balaban J connectivity index is 1.39. The molecule has 1 atom stereocenters. The van der Waals surface area contributed by atoms with Gasteiger partial charge in [0, 0.05) is 57.6 Å². The summed E-state index contributed by atoms with van der Waals surface area (Å²) in [5.74, 6) is 0.433. The van der Waals surface area contributed by atoms with E-state index in [1.165, 1.54) is 4.88 Å². The van der Waals surface area contributed by atoms with E-state index in [0.29, 0.717) is 18.0 Å². The summed E-state index contributed by atoms with van der Waals surface area (Å²) in [5, 5.41) is 16.1. The normalized spacial score (nSPS) is 15.0. The van der Waals surface area contributed by atoms with Crippen LogP contribution in [0.5, 0.6) is 0 Å². The van der Waals surface area contributed by atoms with Crippen molar-refractivity contribution in [3.63, 3.8) is 0 Å². The number of aliphatic imine (C=N–C) groups is 1. The van der Waals surface area contributed by atoms with Crippen LogP contribution in [0.25, 0.3) is 10.9 Å². The standard InChI is InChI=1S/C36H36N4O3S/c1-23-30(28-12-8-9-13-31(28)39(23)22-24-14-17-27(18-15-24)40(42)43)21-37-35-33(34(41)38-26-10-6-5-7-11-26)29-19-16-25(36(2,3)4)20-32(29)44-35/h5-15,17-18,21,25H,16,19-20,22H2,1-4H3,(H,38,41)/t25-/m1/s1. The molecule has 3 aromatic carbocycles. The van der Waals surface area contributed by atoms with E-state index in [1.807, 2.05) is 48.7 Å². The molecule has 7 nitrogen and oxygen atoms in total. The number of non-ortho nitro benzene ring substituents is 1. The minimum Gasteiger partial charge on any atom is -0.340 e. The largest absolute Gasteiger partial charge is 0.340 e. The van der Waals surface area contributed by atoms with E-state index < -0.39 is 0 Å². The molecule has 224 valence electrons. The Kier molecular flexibility index (Phi) is 7.95. The summed E-state index contributed by atoms with van der Waals surface area (Å²) in [6.07, 6.45) is 4.78. The lowest BCUT2D eigenvalue weighted by molar-refractivity contribution is -0.384. The summed E-state index contributed by atoms with van der Waals surface area (Å²) in [6.45, 7) is 9.54. The average Bonchev–Trinajstić information content (AvgIpc) is 3.50. The average molecular weight is 605 g/mol. The minimum absolute atomic E-state index is 0.0789. The summed E-state index contributed by atoms with van der Waals surface area (Å²) in [6, 6.07) is 24.5. The molecule has 0 unspecified atom stereocenters. The maximum Gasteiger partial charge on any atom is 0.269 e. The highest BCUT2D eigenvalue weighted by atomic mass is 32.1. The number of rotatable bonds is 7. The highest BCUT2D eigenvalue weighted by molar-refractivity contribution is 7.16. The first-order valence-corrected chi connectivity index (χ1v) is 15.8. The van der Waals surface area contributed by atoms with Gasteiger partial charge in [0.1, 0.15) is 5.00 Å². The van der Waals surface area contributed by atoms with Crippen molar-refractivity contribution in [1.82, 2.24) is 4.57 Å². The number of carbonyl (C=O) groups is 1. The van der Waals surface area contributed by atoms with E-state index in [9.17, 15) is 14.9 Å². The summed E-state index contributed by atoms with van der Waals surface area (Å²) in [4.78, 5) is 30.8. The highest BCUT2D eigenvalue weighted by Crippen LogP contribution is 2.45. The van der Waals surface area contributed by atoms with Gasteiger partial charge in [0.2, 0.25) is 0 Å². The zero-order valence-corrected chi connectivity index (χ0v) is 26.3. The van der Waals surface area contributed by atoms with Gasteiger partial charge in [0.15, 0.2) is 0 Å². The van der Waals surface area contributed by atoms with Gasteiger partial charge in [0.05, 0.1) is 10.5 Å². The van der Waals surface area contributed by atoms with Crippen LogP contribution in [0.1, 0.15) is 64.8 Å². The number of nitro benzene ring substituents is 1. The molecule has 1 aliphatic carbocycles. The number of thiophene rings is 1. The Labute approximate surface area is 261 Å². The molecule has 0 saturated carbocycles. The summed E-state index contributed by atoms with van der Waals surface area (Å²) in [5.41, 5.74) is 6.93. The fourth-order valence-electron chi connectivity index (χ4n) is 6.20. The molecule has 0 radical (unpaired) electrons. The second-order valence-electron chi connectivity index (χ2n) is 12.6. The third kappa shape index (κ3) is 5.82. The van der Waals surface area contributed by atoms with Gasteiger partial charge in [-0.2, -0.15) is 0 Å². The van der Waals surface area contributed by atoms with Crippen molar-refractivity contribution in [1.29, 1.82) is 0 Å². The van der Waals surface area contributed by atoms with Crippen LogP contribution in [0.15, 0.2) is 83.9 Å². The molecule has 44 heavy (non-hydrogen) atoms. The SMILES string of the molecule is Cc1c(C=Nc2sc3c(c2C(=O)Nc2ccccc2)CC[C@@H](C(C)(C)C)C3)c2ccccc2n1Cc1ccc([N+](=O)[O-])cc1. The van der Waals surface area contributed by atoms with Crippen molar-refractivity contribution in [2.24, 2.45) is 16.3 Å². The van der Waals surface area contributed by atoms with Crippen molar-refractivity contribution in [3.8, 4) is 0 Å². The molecule has 2 aromatic heterocycles. The number of hydrogen-bond acceptors (Lipinski definition) is 5. The van der Waals surface area contributed by atoms with Crippen LogP contribution in [0.2, 0.25) is 0 Å². The third-order valence-corrected chi connectivity index (χ3v) is 9.97. The topological polar surface area (TPSA) is 89.5 Å². The number of carbonyl (C=O) groups excluding carboxylic acids is 1. The van der Waals surface area contributed by atoms with Gasteiger partial charge in [-0.1, -0.05) is 69.3 Å². The Hall–Kier alpha value is -4.56. The number of anilines is 1. The van der Waals surface area contributed by atoms with Crippen LogP contribution >= 0.6 is 11.3 Å². The number of fused-ring (bicyclic) bond motifs is 2. The van der Waals surface area contributed by atoms with Crippen molar-refractivity contribution in [3.05, 3.63) is 122 Å².